The Morgan fingerprint density at radius 2 is 1.35 bits per heavy atom. The molecule has 6 rings (SSSR count). The SMILES string of the molecule is C=C/C=C\C=C(/C)C(=C)c1ccc(CCCOC/C=C\C(=C(/CC#CC2(C)CC2)OC)C(C)(C)CCCC)cc1.CC(C)=C/C=C(\C)Br.Cc1ccc(-c2ccc(C=C(c3ccccc3)c3ccccc3)cc2)cc1. The van der Waals surface area contributed by atoms with Crippen molar-refractivity contribution in [1.82, 2.24) is 0 Å². The van der Waals surface area contributed by atoms with Gasteiger partial charge in [-0.05, 0) is 151 Å². The van der Waals surface area contributed by atoms with Crippen LogP contribution in [0.1, 0.15) is 134 Å². The molecule has 2 nitrogen and oxygen atoms in total. The summed E-state index contributed by atoms with van der Waals surface area (Å²) < 4.78 is 13.0. The van der Waals surface area contributed by atoms with Crippen molar-refractivity contribution in [2.45, 2.75) is 114 Å². The maximum Gasteiger partial charge on any atom is 0.111 e. The summed E-state index contributed by atoms with van der Waals surface area (Å²) in [5.74, 6) is 7.83. The molecule has 3 heteroatoms. The van der Waals surface area contributed by atoms with Gasteiger partial charge in [-0.15, -0.1) is 0 Å². The molecule has 0 heterocycles. The third-order valence-corrected chi connectivity index (χ3v) is 13.4. The molecule has 75 heavy (non-hydrogen) atoms. The highest BCUT2D eigenvalue weighted by molar-refractivity contribution is 9.11. The molecule has 0 spiro atoms. The van der Waals surface area contributed by atoms with E-state index in [1.165, 1.54) is 85.8 Å². The number of hydrogen-bond acceptors (Lipinski definition) is 2. The smallest absolute Gasteiger partial charge is 0.111 e. The van der Waals surface area contributed by atoms with Crippen molar-refractivity contribution in [2.75, 3.05) is 20.3 Å². The topological polar surface area (TPSA) is 18.5 Å². The molecule has 5 aromatic carbocycles. The van der Waals surface area contributed by atoms with Crippen LogP contribution < -0.4 is 0 Å². The van der Waals surface area contributed by atoms with Crippen LogP contribution >= 0.6 is 15.9 Å². The molecule has 0 N–H and O–H groups in total. The summed E-state index contributed by atoms with van der Waals surface area (Å²) >= 11 is 3.32. The Morgan fingerprint density at radius 1 is 0.747 bits per heavy atom. The van der Waals surface area contributed by atoms with Crippen molar-refractivity contribution in [2.24, 2.45) is 10.8 Å². The predicted octanol–water partition coefficient (Wildman–Crippen LogP) is 20.7. The van der Waals surface area contributed by atoms with E-state index >= 15 is 0 Å². The van der Waals surface area contributed by atoms with Gasteiger partial charge in [-0.1, -0.05) is 268 Å². The first-order chi connectivity index (χ1) is 36.1. The Morgan fingerprint density at radius 3 is 1.87 bits per heavy atom. The second kappa shape index (κ2) is 32.8. The zero-order valence-electron chi connectivity index (χ0n) is 47.1. The van der Waals surface area contributed by atoms with Crippen molar-refractivity contribution in [1.29, 1.82) is 0 Å². The Kier molecular flexibility index (Phi) is 26.7. The first kappa shape index (κ1) is 61.1. The number of allylic oxidation sites excluding steroid dienone is 13. The highest BCUT2D eigenvalue weighted by atomic mass is 79.9. The molecule has 0 amide bonds. The Balaban J connectivity index is 0.000000297. The molecule has 1 fully saturated rings. The molecule has 0 aliphatic heterocycles. The third-order valence-electron chi connectivity index (χ3n) is 13.1. The molecular formula is C72H85BrO2. The van der Waals surface area contributed by atoms with Gasteiger partial charge in [0.05, 0.1) is 20.1 Å². The van der Waals surface area contributed by atoms with Gasteiger partial charge < -0.3 is 9.47 Å². The molecule has 0 unspecified atom stereocenters. The Labute approximate surface area is 463 Å². The van der Waals surface area contributed by atoms with Gasteiger partial charge in [-0.2, -0.15) is 0 Å². The predicted molar refractivity (Wildman–Crippen MR) is 333 cm³/mol. The van der Waals surface area contributed by atoms with E-state index in [1.807, 2.05) is 25.2 Å². The second-order valence-electron chi connectivity index (χ2n) is 20.6. The van der Waals surface area contributed by atoms with Crippen LogP contribution in [0.25, 0.3) is 28.3 Å². The average Bonchev–Trinajstić information content (AvgIpc) is 4.16. The standard InChI is InChI=1S/C38H52O2.C27H22.C7H11Br/c1-9-11-13-17-31(3)32(4)34-23-21-33(22-24-34)18-15-29-40-30-16-19-35(37(5,6)25-12-10-2)36(39-8)20-14-26-38(7)27-28-38;1-21-12-16-23(17-13-21)24-18-14-22(15-19-24)20-27(25-8-4-2-5-9-25)26-10-6-3-7-11-26;1-6(2)4-5-7(3)8/h9,11,13,16-17,19,21-24H,1,4,10,12,15,18,20,25,27-30H2,2-3,5-8H3;2-20H,1H3;4-5H,1-3H3/b13-11-,19-16-,31-17+,36-35-;;7-5+. The fourth-order valence-electron chi connectivity index (χ4n) is 8.09. The number of hydrogen-bond donors (Lipinski definition) is 0. The van der Waals surface area contributed by atoms with Crippen LogP contribution in [0.3, 0.4) is 0 Å². The zero-order valence-corrected chi connectivity index (χ0v) is 48.7. The van der Waals surface area contributed by atoms with Crippen LogP contribution in [0.15, 0.2) is 222 Å². The largest absolute Gasteiger partial charge is 0.500 e. The number of halogens is 1. The van der Waals surface area contributed by atoms with Crippen molar-refractivity contribution in [3.05, 3.63) is 256 Å². The molecule has 0 radical (unpaired) electrons. The van der Waals surface area contributed by atoms with E-state index in [9.17, 15) is 0 Å². The van der Waals surface area contributed by atoms with Crippen molar-refractivity contribution < 1.29 is 9.47 Å². The van der Waals surface area contributed by atoms with Crippen LogP contribution in [-0.2, 0) is 15.9 Å². The van der Waals surface area contributed by atoms with Gasteiger partial charge in [0.1, 0.15) is 5.76 Å². The van der Waals surface area contributed by atoms with Crippen molar-refractivity contribution in [3.8, 4) is 23.0 Å². The second-order valence-corrected chi connectivity index (χ2v) is 21.8. The summed E-state index contributed by atoms with van der Waals surface area (Å²) in [5, 5.41) is 0. The minimum Gasteiger partial charge on any atom is -0.500 e. The first-order valence-electron chi connectivity index (χ1n) is 26.8. The summed E-state index contributed by atoms with van der Waals surface area (Å²) in [6.45, 7) is 28.8. The van der Waals surface area contributed by atoms with Gasteiger partial charge >= 0.3 is 0 Å². The number of unbranched alkanes of at least 4 members (excludes halogenated alkanes) is 1. The highest BCUT2D eigenvalue weighted by Gasteiger charge is 2.35. The van der Waals surface area contributed by atoms with Crippen LogP contribution in [0, 0.1) is 29.6 Å². The average molecular weight is 1060 g/mol. The van der Waals surface area contributed by atoms with E-state index in [0.717, 1.165) is 48.3 Å². The molecule has 0 bridgehead atoms. The van der Waals surface area contributed by atoms with E-state index in [2.05, 4.69) is 260 Å². The van der Waals surface area contributed by atoms with Crippen LogP contribution in [0.4, 0.5) is 0 Å². The highest BCUT2D eigenvalue weighted by Crippen LogP contribution is 2.44. The molecule has 392 valence electrons. The quantitative estimate of drug-likeness (QED) is 0.0226. The minimum atomic E-state index is 0.0249. The van der Waals surface area contributed by atoms with Crippen molar-refractivity contribution in [3.63, 3.8) is 0 Å². The molecule has 0 atom stereocenters. The van der Waals surface area contributed by atoms with Gasteiger partial charge in [-0.25, -0.2) is 0 Å². The fourth-order valence-corrected chi connectivity index (χ4v) is 8.22. The lowest BCUT2D eigenvalue weighted by Gasteiger charge is -2.28. The summed E-state index contributed by atoms with van der Waals surface area (Å²) in [5.41, 5.74) is 16.2. The van der Waals surface area contributed by atoms with Crippen molar-refractivity contribution >= 4 is 33.2 Å². The maximum absolute atomic E-state index is 5.97. The number of aryl methyl sites for hydroxylation is 2. The van der Waals surface area contributed by atoms with E-state index in [1.54, 1.807) is 13.2 Å². The lowest BCUT2D eigenvalue weighted by molar-refractivity contribution is 0.159. The minimum absolute atomic E-state index is 0.0249. The summed E-state index contributed by atoms with van der Waals surface area (Å²) in [6.07, 6.45) is 27.0. The van der Waals surface area contributed by atoms with Crippen LogP contribution in [-0.4, -0.2) is 20.3 Å². The number of rotatable bonds is 22. The molecule has 5 aromatic rings. The maximum atomic E-state index is 5.97. The molecule has 1 aliphatic rings. The molecule has 1 saturated carbocycles. The monoisotopic (exact) mass is 1060 g/mol. The fraction of sp³-hybridized carbons (Fsp3) is 0.306. The van der Waals surface area contributed by atoms with E-state index in [4.69, 9.17) is 9.47 Å². The molecular weight excluding hydrogens is 977 g/mol. The van der Waals surface area contributed by atoms with Gasteiger partial charge in [-0.3, -0.25) is 0 Å². The van der Waals surface area contributed by atoms with E-state index in [0.29, 0.717) is 13.0 Å². The number of benzene rings is 5. The van der Waals surface area contributed by atoms with Crippen LogP contribution in [0.5, 0.6) is 0 Å². The molecule has 1 aliphatic carbocycles. The molecule has 0 aromatic heterocycles. The first-order valence-corrected chi connectivity index (χ1v) is 27.6. The van der Waals surface area contributed by atoms with Gasteiger partial charge in [0.15, 0.2) is 0 Å². The normalized spacial score (nSPS) is 13.2. The van der Waals surface area contributed by atoms with Gasteiger partial charge in [0, 0.05) is 12.0 Å². The Bertz CT molecular complexity index is 2740. The zero-order chi connectivity index (χ0) is 54.5. The third kappa shape index (κ3) is 22.9. The van der Waals surface area contributed by atoms with Gasteiger partial charge in [0.2, 0.25) is 0 Å². The van der Waals surface area contributed by atoms with Crippen LogP contribution in [0.2, 0.25) is 0 Å². The van der Waals surface area contributed by atoms with E-state index < -0.39 is 0 Å². The lowest BCUT2D eigenvalue weighted by Crippen LogP contribution is -2.16. The Hall–Kier alpha value is -6.44. The summed E-state index contributed by atoms with van der Waals surface area (Å²) in [7, 11) is 1.78. The lowest BCUT2D eigenvalue weighted by atomic mass is 9.78. The van der Waals surface area contributed by atoms with Gasteiger partial charge in [0.25, 0.3) is 0 Å². The summed E-state index contributed by atoms with van der Waals surface area (Å²) in [6, 6.07) is 47.3. The molecule has 0 saturated heterocycles. The number of methoxy groups -OCH3 is 1. The summed E-state index contributed by atoms with van der Waals surface area (Å²) in [4.78, 5) is 0. The number of ether oxygens (including phenoxy) is 2. The van der Waals surface area contributed by atoms with E-state index in [-0.39, 0.29) is 10.8 Å².